The van der Waals surface area contributed by atoms with Crippen molar-refractivity contribution in [3.05, 3.63) is 29.6 Å². The molecule has 0 aliphatic carbocycles. The van der Waals surface area contributed by atoms with Crippen molar-refractivity contribution in [3.8, 4) is 0 Å². The lowest BCUT2D eigenvalue weighted by molar-refractivity contribution is -0.133. The van der Waals surface area contributed by atoms with E-state index in [1.165, 1.54) is 25.6 Å². The fourth-order valence-electron chi connectivity index (χ4n) is 3.03. The second kappa shape index (κ2) is 6.56. The average Bonchev–Trinajstić information content (AvgIpc) is 2.78. The standard InChI is InChI=1S/C16H19N3O5/c1-18-13-7-19(6-12(14(18)20)8-24-9-13)15(21)10-3-11(5-17-4-10)16(22)23-2/h3-5,12-13H,6-9H2,1-2H3/t12-,13+/m1/s1. The van der Waals surface area contributed by atoms with Crippen molar-refractivity contribution in [1.29, 1.82) is 0 Å². The molecule has 2 saturated heterocycles. The molecule has 8 heteroatoms. The zero-order valence-electron chi connectivity index (χ0n) is 13.6. The predicted molar refractivity (Wildman–Crippen MR) is 82.3 cm³/mol. The van der Waals surface area contributed by atoms with Crippen LogP contribution in [0.25, 0.3) is 0 Å². The van der Waals surface area contributed by atoms with Crippen LogP contribution < -0.4 is 0 Å². The van der Waals surface area contributed by atoms with Gasteiger partial charge in [-0.25, -0.2) is 4.79 Å². The first-order chi connectivity index (χ1) is 11.5. The van der Waals surface area contributed by atoms with Crippen molar-refractivity contribution in [1.82, 2.24) is 14.8 Å². The molecule has 0 spiro atoms. The maximum atomic E-state index is 12.8. The van der Waals surface area contributed by atoms with Gasteiger partial charge in [0.2, 0.25) is 5.91 Å². The number of hydrogen-bond acceptors (Lipinski definition) is 6. The average molecular weight is 333 g/mol. The molecule has 1 aromatic rings. The van der Waals surface area contributed by atoms with Crippen molar-refractivity contribution in [2.24, 2.45) is 5.92 Å². The Kier molecular flexibility index (Phi) is 4.48. The molecule has 24 heavy (non-hydrogen) atoms. The highest BCUT2D eigenvalue weighted by Gasteiger charge is 2.39. The van der Waals surface area contributed by atoms with E-state index >= 15 is 0 Å². The van der Waals surface area contributed by atoms with Gasteiger partial charge >= 0.3 is 5.97 Å². The highest BCUT2D eigenvalue weighted by atomic mass is 16.5. The van der Waals surface area contributed by atoms with Gasteiger partial charge in [-0.3, -0.25) is 14.6 Å². The summed E-state index contributed by atoms with van der Waals surface area (Å²) in [7, 11) is 3.01. The first-order valence-electron chi connectivity index (χ1n) is 7.68. The molecule has 0 unspecified atom stereocenters. The molecule has 2 aliphatic heterocycles. The number of amides is 2. The van der Waals surface area contributed by atoms with Crippen molar-refractivity contribution in [2.75, 3.05) is 40.5 Å². The Morgan fingerprint density at radius 1 is 1.25 bits per heavy atom. The van der Waals surface area contributed by atoms with E-state index in [0.717, 1.165) is 0 Å². The van der Waals surface area contributed by atoms with Gasteiger partial charge in [0.25, 0.3) is 5.91 Å². The number of carbonyl (C=O) groups excluding carboxylic acids is 3. The van der Waals surface area contributed by atoms with Gasteiger partial charge in [0, 0.05) is 32.5 Å². The number of likely N-dealkylation sites (N-methyl/N-ethyl adjacent to an activating group) is 1. The third-order valence-corrected chi connectivity index (χ3v) is 4.44. The van der Waals surface area contributed by atoms with Crippen LogP contribution in [0.15, 0.2) is 18.5 Å². The maximum Gasteiger partial charge on any atom is 0.339 e. The number of esters is 1. The van der Waals surface area contributed by atoms with Crippen LogP contribution in [0.1, 0.15) is 20.7 Å². The van der Waals surface area contributed by atoms with Gasteiger partial charge in [-0.2, -0.15) is 0 Å². The van der Waals surface area contributed by atoms with Crippen molar-refractivity contribution in [2.45, 2.75) is 6.04 Å². The lowest BCUT2D eigenvalue weighted by atomic mass is 10.1. The van der Waals surface area contributed by atoms with Gasteiger partial charge in [-0.15, -0.1) is 0 Å². The summed E-state index contributed by atoms with van der Waals surface area (Å²) in [6.45, 7) is 1.40. The molecule has 0 aromatic carbocycles. The summed E-state index contributed by atoms with van der Waals surface area (Å²) >= 11 is 0. The van der Waals surface area contributed by atoms with Crippen LogP contribution in [0.5, 0.6) is 0 Å². The number of nitrogens with zero attached hydrogens (tertiary/aromatic N) is 3. The molecule has 0 saturated carbocycles. The summed E-state index contributed by atoms with van der Waals surface area (Å²) in [5, 5.41) is 0. The topological polar surface area (TPSA) is 89.0 Å². The first-order valence-corrected chi connectivity index (χ1v) is 7.68. The van der Waals surface area contributed by atoms with Crippen LogP contribution in [-0.2, 0) is 14.3 Å². The highest BCUT2D eigenvalue weighted by Crippen LogP contribution is 2.21. The zero-order valence-corrected chi connectivity index (χ0v) is 13.6. The molecule has 8 nitrogen and oxygen atoms in total. The smallest absolute Gasteiger partial charge is 0.339 e. The zero-order chi connectivity index (χ0) is 17.3. The van der Waals surface area contributed by atoms with Gasteiger partial charge in [0.05, 0.1) is 43.4 Å². The Bertz CT molecular complexity index is 677. The van der Waals surface area contributed by atoms with Gasteiger partial charge < -0.3 is 19.3 Å². The molecule has 3 rings (SSSR count). The van der Waals surface area contributed by atoms with Crippen LogP contribution in [0, 0.1) is 5.92 Å². The summed E-state index contributed by atoms with van der Waals surface area (Å²) < 4.78 is 10.2. The molecule has 2 atom stereocenters. The normalized spacial score (nSPS) is 23.7. The Morgan fingerprint density at radius 3 is 2.75 bits per heavy atom. The van der Waals surface area contributed by atoms with E-state index in [0.29, 0.717) is 31.9 Å². The van der Waals surface area contributed by atoms with Crippen molar-refractivity contribution in [3.63, 3.8) is 0 Å². The minimum Gasteiger partial charge on any atom is -0.465 e. The van der Waals surface area contributed by atoms with E-state index in [4.69, 9.17) is 4.74 Å². The molecule has 2 amide bonds. The van der Waals surface area contributed by atoms with E-state index in [9.17, 15) is 14.4 Å². The predicted octanol–water partition coefficient (Wildman–Crippen LogP) is -0.203. The van der Waals surface area contributed by atoms with Gasteiger partial charge in [-0.1, -0.05) is 0 Å². The van der Waals surface area contributed by atoms with Gasteiger partial charge in [-0.05, 0) is 6.07 Å². The van der Waals surface area contributed by atoms with Gasteiger partial charge in [0.1, 0.15) is 0 Å². The quantitative estimate of drug-likeness (QED) is 0.696. The summed E-state index contributed by atoms with van der Waals surface area (Å²) in [5.74, 6) is -1.18. The van der Waals surface area contributed by atoms with E-state index < -0.39 is 5.97 Å². The Labute approximate surface area is 139 Å². The number of aromatic nitrogens is 1. The SMILES string of the molecule is COC(=O)c1cncc(C(=O)N2C[C@@H]3COC[C@H](C2)N(C)C3=O)c1. The van der Waals surface area contributed by atoms with Crippen LogP contribution in [0.3, 0.4) is 0 Å². The molecule has 0 N–H and O–H groups in total. The molecule has 2 fully saturated rings. The third-order valence-electron chi connectivity index (χ3n) is 4.44. The molecule has 1 aromatic heterocycles. The largest absolute Gasteiger partial charge is 0.465 e. The van der Waals surface area contributed by atoms with E-state index in [1.807, 2.05) is 0 Å². The van der Waals surface area contributed by atoms with Crippen LogP contribution in [0.4, 0.5) is 0 Å². The number of methoxy groups -OCH3 is 1. The summed E-state index contributed by atoms with van der Waals surface area (Å²) in [4.78, 5) is 44.0. The first kappa shape index (κ1) is 16.4. The number of carbonyl (C=O) groups is 3. The summed E-state index contributed by atoms with van der Waals surface area (Å²) in [5.41, 5.74) is 0.517. The summed E-state index contributed by atoms with van der Waals surface area (Å²) in [6.07, 6.45) is 2.77. The fraction of sp³-hybridized carbons (Fsp3) is 0.500. The second-order valence-corrected chi connectivity index (χ2v) is 6.00. The molecular weight excluding hydrogens is 314 g/mol. The van der Waals surface area contributed by atoms with E-state index in [2.05, 4.69) is 9.72 Å². The van der Waals surface area contributed by atoms with Crippen LogP contribution in [-0.4, -0.2) is 79.1 Å². The maximum absolute atomic E-state index is 12.8. The van der Waals surface area contributed by atoms with E-state index in [1.54, 1.807) is 16.8 Å². The number of pyridine rings is 1. The number of hydrogen-bond donors (Lipinski definition) is 0. The molecular formula is C16H19N3O5. The number of ether oxygens (including phenoxy) is 2. The Morgan fingerprint density at radius 2 is 2.00 bits per heavy atom. The number of fused-ring (bicyclic) bond motifs is 3. The highest BCUT2D eigenvalue weighted by molar-refractivity contribution is 5.97. The fourth-order valence-corrected chi connectivity index (χ4v) is 3.03. The monoisotopic (exact) mass is 333 g/mol. The lowest BCUT2D eigenvalue weighted by Gasteiger charge is -2.29. The van der Waals surface area contributed by atoms with Crippen LogP contribution >= 0.6 is 0 Å². The van der Waals surface area contributed by atoms with Crippen molar-refractivity contribution >= 4 is 17.8 Å². The van der Waals surface area contributed by atoms with Crippen molar-refractivity contribution < 1.29 is 23.9 Å². The lowest BCUT2D eigenvalue weighted by Crippen LogP contribution is -2.45. The van der Waals surface area contributed by atoms with E-state index in [-0.39, 0.29) is 29.3 Å². The Hall–Kier alpha value is -2.48. The minimum absolute atomic E-state index is 0.00534. The van der Waals surface area contributed by atoms with Crippen LogP contribution in [0.2, 0.25) is 0 Å². The molecule has 128 valence electrons. The summed E-state index contributed by atoms with van der Waals surface area (Å²) in [6, 6.07) is 1.29. The molecule has 3 heterocycles. The Balaban J connectivity index is 1.85. The molecule has 0 radical (unpaired) electrons. The third kappa shape index (κ3) is 2.96. The number of rotatable bonds is 2. The molecule has 2 aliphatic rings. The van der Waals surface area contributed by atoms with Gasteiger partial charge in [0.15, 0.2) is 0 Å². The molecule has 2 bridgehead atoms. The minimum atomic E-state index is -0.548. The second-order valence-electron chi connectivity index (χ2n) is 6.00.